The highest BCUT2D eigenvalue weighted by atomic mass is 32.1. The van der Waals surface area contributed by atoms with Gasteiger partial charge in [-0.15, -0.1) is 4.99 Å². The second-order valence-electron chi connectivity index (χ2n) is 1.58. The van der Waals surface area contributed by atoms with Gasteiger partial charge in [-0.25, -0.2) is 4.89 Å². The fourth-order valence-electron chi connectivity index (χ4n) is 0.410. The molecule has 56 valence electrons. The monoisotopic (exact) mass is 151 g/mol. The highest BCUT2D eigenvalue weighted by Crippen LogP contribution is 1.88. The van der Waals surface area contributed by atoms with Gasteiger partial charge in [-0.05, 0) is 18.6 Å². The molecule has 0 aliphatic rings. The maximum absolute atomic E-state index is 4.41. The van der Waals surface area contributed by atoms with Crippen molar-refractivity contribution in [3.05, 3.63) is 0 Å². The van der Waals surface area contributed by atoms with Crippen LogP contribution in [0.25, 0.3) is 0 Å². The van der Waals surface area contributed by atoms with E-state index in [1.807, 2.05) is 0 Å². The van der Waals surface area contributed by atoms with Crippen molar-refractivity contribution < 1.29 is 9.88 Å². The van der Waals surface area contributed by atoms with E-state index >= 15 is 0 Å². The zero-order valence-electron chi connectivity index (χ0n) is 5.59. The zero-order chi connectivity index (χ0) is 6.95. The van der Waals surface area contributed by atoms with Gasteiger partial charge in [-0.3, -0.25) is 0 Å². The van der Waals surface area contributed by atoms with Gasteiger partial charge in [0.25, 0.3) is 0 Å². The number of unbranched alkanes of at least 4 members (excludes halogenated alkanes) is 1. The van der Waals surface area contributed by atoms with Crippen molar-refractivity contribution in [2.24, 2.45) is 0 Å². The fourth-order valence-corrected chi connectivity index (χ4v) is 0.633. The van der Waals surface area contributed by atoms with Crippen LogP contribution in [-0.4, -0.2) is 19.4 Å². The Balaban J connectivity index is 2.60. The predicted molar refractivity (Wildman–Crippen MR) is 39.2 cm³/mol. The second-order valence-corrected chi connectivity index (χ2v) is 2.02. The highest BCUT2D eigenvalue weighted by molar-refractivity contribution is 7.80. The van der Waals surface area contributed by atoms with Gasteiger partial charge in [0, 0.05) is 6.54 Å². The second kappa shape index (κ2) is 8.23. The van der Waals surface area contributed by atoms with Gasteiger partial charge < -0.3 is 0 Å². The van der Waals surface area contributed by atoms with E-state index in [1.165, 1.54) is 7.11 Å². The number of hydrogen-bond acceptors (Lipinski definition) is 4. The normalized spacial score (nSPS) is 10.0. The van der Waals surface area contributed by atoms with Crippen molar-refractivity contribution in [1.29, 1.82) is 0 Å². The van der Waals surface area contributed by atoms with E-state index in [0.717, 1.165) is 25.1 Å². The molecule has 0 amide bonds. The summed E-state index contributed by atoms with van der Waals surface area (Å²) >= 11 is 4.05. The van der Waals surface area contributed by atoms with E-state index in [4.69, 9.17) is 0 Å². The lowest BCUT2D eigenvalue weighted by Crippen LogP contribution is -2.15. The minimum absolute atomic E-state index is 0.814. The van der Waals surface area contributed by atoms with Crippen molar-refractivity contribution >= 4 is 12.6 Å². The Hall–Kier alpha value is 0.230. The molecule has 0 aromatic heterocycles. The molecule has 0 aromatic carbocycles. The van der Waals surface area contributed by atoms with Gasteiger partial charge in [0.2, 0.25) is 0 Å². The number of thiol groups is 1. The van der Waals surface area contributed by atoms with E-state index in [-0.39, 0.29) is 0 Å². The number of hydrogen-bond donors (Lipinski definition) is 2. The summed E-state index contributed by atoms with van der Waals surface area (Å²) in [6.07, 6.45) is 2.16. The molecular formula is C5H13NO2S. The molecule has 0 aliphatic carbocycles. The Bertz CT molecular complexity index is 48.2. The Kier molecular flexibility index (Phi) is 8.44. The van der Waals surface area contributed by atoms with Gasteiger partial charge in [0.1, 0.15) is 0 Å². The first-order valence-corrected chi connectivity index (χ1v) is 3.58. The van der Waals surface area contributed by atoms with Gasteiger partial charge >= 0.3 is 0 Å². The first kappa shape index (κ1) is 9.23. The largest absolute Gasteiger partial charge is 0.221 e. The van der Waals surface area contributed by atoms with Crippen LogP contribution in [0.15, 0.2) is 0 Å². The van der Waals surface area contributed by atoms with Crippen LogP contribution in [0.4, 0.5) is 0 Å². The van der Waals surface area contributed by atoms with Gasteiger partial charge in [0.15, 0.2) is 0 Å². The van der Waals surface area contributed by atoms with Gasteiger partial charge in [-0.2, -0.15) is 18.1 Å². The molecule has 1 N–H and O–H groups in total. The SMILES string of the molecule is COONCCCCS. The molecule has 3 nitrogen and oxygen atoms in total. The Morgan fingerprint density at radius 3 is 2.78 bits per heavy atom. The highest BCUT2D eigenvalue weighted by Gasteiger charge is 1.84. The van der Waals surface area contributed by atoms with Crippen molar-refractivity contribution in [2.75, 3.05) is 19.4 Å². The summed E-state index contributed by atoms with van der Waals surface area (Å²) in [6.45, 7) is 0.814. The summed E-state index contributed by atoms with van der Waals surface area (Å²) in [6, 6.07) is 0. The molecule has 0 radical (unpaired) electrons. The van der Waals surface area contributed by atoms with Crippen LogP contribution in [0.3, 0.4) is 0 Å². The summed E-state index contributed by atoms with van der Waals surface area (Å²) in [7, 11) is 1.46. The Morgan fingerprint density at radius 2 is 2.22 bits per heavy atom. The van der Waals surface area contributed by atoms with Gasteiger partial charge in [0.05, 0.1) is 7.11 Å². The molecular weight excluding hydrogens is 138 g/mol. The topological polar surface area (TPSA) is 30.5 Å². The molecule has 0 unspecified atom stereocenters. The van der Waals surface area contributed by atoms with Crippen molar-refractivity contribution in [2.45, 2.75) is 12.8 Å². The minimum Gasteiger partial charge on any atom is -0.221 e. The molecule has 0 saturated carbocycles. The van der Waals surface area contributed by atoms with Crippen LogP contribution in [0, 0.1) is 0 Å². The molecule has 0 bridgehead atoms. The van der Waals surface area contributed by atoms with E-state index in [9.17, 15) is 0 Å². The molecule has 0 heterocycles. The maximum atomic E-state index is 4.41. The lowest BCUT2D eigenvalue weighted by atomic mass is 10.3. The molecule has 0 spiro atoms. The number of rotatable bonds is 6. The first-order valence-electron chi connectivity index (χ1n) is 2.95. The molecule has 0 atom stereocenters. The smallest absolute Gasteiger partial charge is 0.0732 e. The third-order valence-corrected chi connectivity index (χ3v) is 1.15. The molecule has 0 saturated heterocycles. The molecule has 4 heteroatoms. The molecule has 0 aromatic rings. The summed E-state index contributed by atoms with van der Waals surface area (Å²) in [5.74, 6) is 0.925. The quantitative estimate of drug-likeness (QED) is 0.254. The third-order valence-electron chi connectivity index (χ3n) is 0.829. The van der Waals surface area contributed by atoms with Crippen LogP contribution in [0.1, 0.15) is 12.8 Å². The van der Waals surface area contributed by atoms with Crippen LogP contribution >= 0.6 is 12.6 Å². The standard InChI is InChI=1S/C5H13NO2S/c1-7-8-6-4-2-3-5-9/h6,9H,2-5H2,1H3. The maximum Gasteiger partial charge on any atom is 0.0732 e. The lowest BCUT2D eigenvalue weighted by Gasteiger charge is -1.99. The molecule has 0 aliphatic heterocycles. The third kappa shape index (κ3) is 8.23. The summed E-state index contributed by atoms with van der Waals surface area (Å²) < 4.78 is 0. The lowest BCUT2D eigenvalue weighted by molar-refractivity contribution is -0.317. The van der Waals surface area contributed by atoms with Gasteiger partial charge in [-0.1, -0.05) is 0 Å². The first-order chi connectivity index (χ1) is 4.41. The average Bonchev–Trinajstić information content (AvgIpc) is 1.89. The average molecular weight is 151 g/mol. The van der Waals surface area contributed by atoms with E-state index in [1.54, 1.807) is 0 Å². The van der Waals surface area contributed by atoms with Crippen molar-refractivity contribution in [1.82, 2.24) is 5.48 Å². The van der Waals surface area contributed by atoms with E-state index in [2.05, 4.69) is 28.0 Å². The summed E-state index contributed by atoms with van der Waals surface area (Å²) in [4.78, 5) is 8.70. The molecule has 9 heavy (non-hydrogen) atoms. The zero-order valence-corrected chi connectivity index (χ0v) is 6.49. The van der Waals surface area contributed by atoms with Crippen LogP contribution in [0.5, 0.6) is 0 Å². The molecule has 0 fully saturated rings. The van der Waals surface area contributed by atoms with Crippen molar-refractivity contribution in [3.63, 3.8) is 0 Å². The van der Waals surface area contributed by atoms with Crippen molar-refractivity contribution in [3.8, 4) is 0 Å². The number of hydroxylamine groups is 1. The Morgan fingerprint density at radius 1 is 1.44 bits per heavy atom. The Labute approximate surface area is 61.0 Å². The van der Waals surface area contributed by atoms with Crippen LogP contribution in [0.2, 0.25) is 0 Å². The number of nitrogens with one attached hydrogen (secondary N) is 1. The minimum atomic E-state index is 0.814. The van der Waals surface area contributed by atoms with E-state index < -0.39 is 0 Å². The summed E-state index contributed by atoms with van der Waals surface area (Å²) in [5, 5.41) is 0. The predicted octanol–water partition coefficient (Wildman–Crippen LogP) is 0.779. The fraction of sp³-hybridized carbons (Fsp3) is 1.00. The molecule has 0 rings (SSSR count). The van der Waals surface area contributed by atoms with Crippen LogP contribution in [-0.2, 0) is 9.88 Å². The van der Waals surface area contributed by atoms with Crippen LogP contribution < -0.4 is 5.48 Å². The summed E-state index contributed by atoms with van der Waals surface area (Å²) in [5.41, 5.74) is 2.61. The van der Waals surface area contributed by atoms with E-state index in [0.29, 0.717) is 0 Å².